The summed E-state index contributed by atoms with van der Waals surface area (Å²) in [5.74, 6) is -15.1. The summed E-state index contributed by atoms with van der Waals surface area (Å²) in [5.41, 5.74) is 0.363. The topological polar surface area (TPSA) is 66.4 Å². The largest absolute Gasteiger partial charge is 0.382 e. The standard InChI is InChI=1S/C14H12F5NO3S/c15-12(8-6-11(21)13(16,17)14(12,18)19)20-24(22,23)9-7-10-4-2-1-3-5-10/h1-9,11,20-21H/b9-7+. The lowest BCUT2D eigenvalue weighted by Gasteiger charge is -2.40. The highest BCUT2D eigenvalue weighted by Gasteiger charge is 2.74. The van der Waals surface area contributed by atoms with Crippen LogP contribution in [-0.2, 0) is 10.0 Å². The van der Waals surface area contributed by atoms with Crippen molar-refractivity contribution in [2.75, 3.05) is 0 Å². The second-order valence-corrected chi connectivity index (χ2v) is 6.64. The molecule has 0 heterocycles. The maximum atomic E-state index is 14.3. The van der Waals surface area contributed by atoms with E-state index in [1.165, 1.54) is 12.1 Å². The van der Waals surface area contributed by atoms with Crippen molar-refractivity contribution >= 4 is 16.1 Å². The van der Waals surface area contributed by atoms with Crippen LogP contribution in [0.2, 0.25) is 0 Å². The highest BCUT2D eigenvalue weighted by Crippen LogP contribution is 2.49. The smallest absolute Gasteiger partial charge is 0.364 e. The first-order valence-electron chi connectivity index (χ1n) is 6.50. The van der Waals surface area contributed by atoms with Crippen LogP contribution >= 0.6 is 0 Å². The van der Waals surface area contributed by atoms with Gasteiger partial charge in [0.1, 0.15) is 6.10 Å². The van der Waals surface area contributed by atoms with Crippen LogP contribution in [0.25, 0.3) is 6.08 Å². The minimum Gasteiger partial charge on any atom is -0.382 e. The summed E-state index contributed by atoms with van der Waals surface area (Å²) < 4.78 is 92.8. The summed E-state index contributed by atoms with van der Waals surface area (Å²) in [5, 5.41) is 9.25. The van der Waals surface area contributed by atoms with E-state index in [0.717, 1.165) is 10.8 Å². The predicted octanol–water partition coefficient (Wildman–Crippen LogP) is 2.44. The van der Waals surface area contributed by atoms with E-state index in [4.69, 9.17) is 5.11 Å². The lowest BCUT2D eigenvalue weighted by atomic mass is 9.90. The third-order valence-electron chi connectivity index (χ3n) is 3.29. The number of aliphatic hydroxyl groups is 1. The van der Waals surface area contributed by atoms with Crippen molar-refractivity contribution in [2.24, 2.45) is 0 Å². The number of sulfonamides is 1. The van der Waals surface area contributed by atoms with Crippen molar-refractivity contribution in [2.45, 2.75) is 23.7 Å². The molecule has 0 fully saturated rings. The third-order valence-corrected chi connectivity index (χ3v) is 4.36. The van der Waals surface area contributed by atoms with Crippen LogP contribution in [0, 0.1) is 0 Å². The molecule has 0 aliphatic heterocycles. The molecule has 10 heteroatoms. The number of benzene rings is 1. The first-order chi connectivity index (χ1) is 10.9. The highest BCUT2D eigenvalue weighted by molar-refractivity contribution is 7.92. The molecule has 132 valence electrons. The van der Waals surface area contributed by atoms with Crippen LogP contribution in [0.4, 0.5) is 22.0 Å². The van der Waals surface area contributed by atoms with Crippen molar-refractivity contribution in [1.29, 1.82) is 0 Å². The Labute approximate surface area is 134 Å². The number of hydrogen-bond donors (Lipinski definition) is 2. The van der Waals surface area contributed by atoms with Crippen LogP contribution in [0.15, 0.2) is 47.9 Å². The van der Waals surface area contributed by atoms with E-state index in [1.807, 2.05) is 0 Å². The molecule has 1 aliphatic carbocycles. The van der Waals surface area contributed by atoms with Gasteiger partial charge < -0.3 is 5.11 Å². The van der Waals surface area contributed by atoms with Crippen molar-refractivity contribution in [3.8, 4) is 0 Å². The molecule has 2 atom stereocenters. The van der Waals surface area contributed by atoms with Gasteiger partial charge in [0.05, 0.1) is 0 Å². The summed E-state index contributed by atoms with van der Waals surface area (Å²) in [6.45, 7) is 0. The van der Waals surface area contributed by atoms with Gasteiger partial charge in [0.2, 0.25) is 10.0 Å². The molecule has 2 rings (SSSR count). The molecule has 0 amide bonds. The van der Waals surface area contributed by atoms with E-state index in [1.54, 1.807) is 18.2 Å². The number of hydrogen-bond acceptors (Lipinski definition) is 3. The van der Waals surface area contributed by atoms with E-state index >= 15 is 0 Å². The molecule has 24 heavy (non-hydrogen) atoms. The van der Waals surface area contributed by atoms with Gasteiger partial charge in [-0.2, -0.15) is 22.3 Å². The number of nitrogens with one attached hydrogen (secondary N) is 1. The van der Waals surface area contributed by atoms with Gasteiger partial charge >= 0.3 is 11.8 Å². The van der Waals surface area contributed by atoms with Crippen LogP contribution in [-0.4, -0.2) is 37.3 Å². The molecular weight excluding hydrogens is 357 g/mol. The SMILES string of the molecule is O=S(=O)(/C=C/c1ccccc1)NC1(F)C=CC(O)C(F)(F)C1(F)F. The lowest BCUT2D eigenvalue weighted by molar-refractivity contribution is -0.293. The Morgan fingerprint density at radius 3 is 2.25 bits per heavy atom. The fourth-order valence-corrected chi connectivity index (χ4v) is 2.96. The van der Waals surface area contributed by atoms with E-state index in [-0.39, 0.29) is 12.2 Å². The van der Waals surface area contributed by atoms with E-state index in [0.29, 0.717) is 11.0 Å². The van der Waals surface area contributed by atoms with Gasteiger partial charge in [0.15, 0.2) is 0 Å². The number of rotatable bonds is 4. The number of halogens is 5. The maximum Gasteiger partial charge on any atom is 0.364 e. The number of aliphatic hydroxyl groups excluding tert-OH is 1. The Hall–Kier alpha value is -1.78. The summed E-state index contributed by atoms with van der Waals surface area (Å²) in [4.78, 5) is 0. The summed E-state index contributed by atoms with van der Waals surface area (Å²) in [7, 11) is -4.83. The molecule has 4 nitrogen and oxygen atoms in total. The van der Waals surface area contributed by atoms with Gasteiger partial charge in [-0.05, 0) is 23.8 Å². The molecule has 2 unspecified atom stereocenters. The van der Waals surface area contributed by atoms with Gasteiger partial charge in [0, 0.05) is 5.41 Å². The van der Waals surface area contributed by atoms with Crippen LogP contribution < -0.4 is 4.72 Å². The van der Waals surface area contributed by atoms with E-state index < -0.39 is 33.8 Å². The Kier molecular flexibility index (Phi) is 4.59. The zero-order valence-electron chi connectivity index (χ0n) is 11.8. The highest BCUT2D eigenvalue weighted by atomic mass is 32.2. The average Bonchev–Trinajstić information content (AvgIpc) is 2.50. The maximum absolute atomic E-state index is 14.3. The van der Waals surface area contributed by atoms with Crippen molar-refractivity contribution in [1.82, 2.24) is 4.72 Å². The Balaban J connectivity index is 2.31. The summed E-state index contributed by atoms with van der Waals surface area (Å²) in [6.07, 6.45) is -2.03. The van der Waals surface area contributed by atoms with Crippen LogP contribution in [0.1, 0.15) is 5.56 Å². The van der Waals surface area contributed by atoms with Crippen molar-refractivity contribution in [3.63, 3.8) is 0 Å². The molecule has 0 saturated heterocycles. The van der Waals surface area contributed by atoms with Gasteiger partial charge in [-0.15, -0.1) is 0 Å². The summed E-state index contributed by atoms with van der Waals surface area (Å²) in [6, 6.07) is 7.74. The zero-order valence-corrected chi connectivity index (χ0v) is 12.7. The normalized spacial score (nSPS) is 29.0. The second kappa shape index (κ2) is 5.94. The molecule has 1 aromatic rings. The van der Waals surface area contributed by atoms with Gasteiger partial charge in [-0.3, -0.25) is 0 Å². The fourth-order valence-electron chi connectivity index (χ4n) is 1.95. The second-order valence-electron chi connectivity index (χ2n) is 5.07. The molecule has 0 bridgehead atoms. The molecule has 1 aliphatic rings. The molecule has 0 saturated carbocycles. The Morgan fingerprint density at radius 1 is 1.08 bits per heavy atom. The van der Waals surface area contributed by atoms with E-state index in [2.05, 4.69) is 0 Å². The first-order valence-corrected chi connectivity index (χ1v) is 8.05. The quantitative estimate of drug-likeness (QED) is 0.487. The molecule has 0 spiro atoms. The molecule has 0 aromatic heterocycles. The van der Waals surface area contributed by atoms with Crippen LogP contribution in [0.3, 0.4) is 0 Å². The fraction of sp³-hybridized carbons (Fsp3) is 0.286. The molecule has 0 radical (unpaired) electrons. The Morgan fingerprint density at radius 2 is 1.67 bits per heavy atom. The molecule has 1 aromatic carbocycles. The Bertz CT molecular complexity index is 764. The lowest BCUT2D eigenvalue weighted by Crippen LogP contribution is -2.68. The average molecular weight is 369 g/mol. The third kappa shape index (κ3) is 3.21. The minimum absolute atomic E-state index is 0.0703. The van der Waals surface area contributed by atoms with E-state index in [9.17, 15) is 30.4 Å². The summed E-state index contributed by atoms with van der Waals surface area (Å²) >= 11 is 0. The zero-order chi connectivity index (χ0) is 18.2. The van der Waals surface area contributed by atoms with Crippen LogP contribution in [0.5, 0.6) is 0 Å². The van der Waals surface area contributed by atoms with Crippen molar-refractivity contribution < 1.29 is 35.5 Å². The number of alkyl halides is 5. The molecule has 2 N–H and O–H groups in total. The van der Waals surface area contributed by atoms with Gasteiger partial charge in [-0.25, -0.2) is 12.8 Å². The van der Waals surface area contributed by atoms with Gasteiger partial charge in [-0.1, -0.05) is 30.3 Å². The van der Waals surface area contributed by atoms with Crippen molar-refractivity contribution in [3.05, 3.63) is 53.5 Å². The first kappa shape index (κ1) is 18.6. The minimum atomic E-state index is -5.50. The molecular formula is C14H12F5NO3S. The predicted molar refractivity (Wildman–Crippen MR) is 76.4 cm³/mol. The monoisotopic (exact) mass is 369 g/mol. The van der Waals surface area contributed by atoms with Gasteiger partial charge in [0.25, 0.3) is 5.79 Å².